The molecular weight excluding hydrogens is 697 g/mol. The van der Waals surface area contributed by atoms with Crippen LogP contribution in [0.15, 0.2) is 162 Å². The molecule has 0 N–H and O–H groups in total. The predicted molar refractivity (Wildman–Crippen MR) is 233 cm³/mol. The molecule has 1 aliphatic rings. The van der Waals surface area contributed by atoms with Crippen LogP contribution in [-0.2, 0) is 10.8 Å². The summed E-state index contributed by atoms with van der Waals surface area (Å²) in [4.78, 5) is 19.9. The number of fused-ring (bicyclic) bond motifs is 4. The van der Waals surface area contributed by atoms with Gasteiger partial charge in [-0.25, -0.2) is 15.0 Å². The highest BCUT2D eigenvalue weighted by molar-refractivity contribution is 6.09. The maximum Gasteiger partial charge on any atom is 0.182 e. The molecule has 0 saturated carbocycles. The van der Waals surface area contributed by atoms with Gasteiger partial charge in [0.05, 0.1) is 0 Å². The van der Waals surface area contributed by atoms with Gasteiger partial charge >= 0.3 is 0 Å². The summed E-state index contributed by atoms with van der Waals surface area (Å²) in [5, 5.41) is 2.18. The van der Waals surface area contributed by atoms with Gasteiger partial charge in [0.25, 0.3) is 0 Å². The second kappa shape index (κ2) is 13.5. The minimum atomic E-state index is 0.166. The number of nitrogens with zero attached hydrogens (tertiary/aromatic N) is 4. The number of hydrogen-bond acceptors (Lipinski definition) is 5. The minimum absolute atomic E-state index is 0.166. The molecule has 6 aromatic carbocycles. The fourth-order valence-electron chi connectivity index (χ4n) is 8.49. The Morgan fingerprint density at radius 3 is 1.82 bits per heavy atom. The molecule has 0 aliphatic heterocycles. The van der Waals surface area contributed by atoms with Gasteiger partial charge in [-0.1, -0.05) is 155 Å². The van der Waals surface area contributed by atoms with E-state index < -0.39 is 0 Å². The van der Waals surface area contributed by atoms with Gasteiger partial charge in [-0.05, 0) is 86.9 Å². The molecule has 0 unspecified atom stereocenters. The zero-order valence-corrected chi connectivity index (χ0v) is 32.6. The Morgan fingerprint density at radius 2 is 1.04 bits per heavy atom. The normalized spacial score (nSPS) is 14.5. The Morgan fingerprint density at radius 1 is 0.439 bits per heavy atom. The van der Waals surface area contributed by atoms with Gasteiger partial charge < -0.3 is 4.42 Å². The third-order valence-electron chi connectivity index (χ3n) is 11.9. The second-order valence-electron chi connectivity index (χ2n) is 16.6. The van der Waals surface area contributed by atoms with E-state index in [1.54, 1.807) is 0 Å². The number of furan rings is 1. The topological polar surface area (TPSA) is 64.7 Å². The van der Waals surface area contributed by atoms with Crippen LogP contribution in [0.1, 0.15) is 51.7 Å². The largest absolute Gasteiger partial charge is 0.455 e. The van der Waals surface area contributed by atoms with Gasteiger partial charge in [0.2, 0.25) is 0 Å². The Hall–Kier alpha value is -6.72. The average Bonchev–Trinajstić information content (AvgIpc) is 3.65. The van der Waals surface area contributed by atoms with Crippen molar-refractivity contribution in [3.63, 3.8) is 0 Å². The zero-order valence-electron chi connectivity index (χ0n) is 32.6. The molecule has 5 heteroatoms. The van der Waals surface area contributed by atoms with Crippen molar-refractivity contribution in [3.05, 3.63) is 169 Å². The van der Waals surface area contributed by atoms with Gasteiger partial charge in [-0.15, -0.1) is 0 Å². The average molecular weight is 739 g/mol. The van der Waals surface area contributed by atoms with Gasteiger partial charge in [-0.3, -0.25) is 4.98 Å². The van der Waals surface area contributed by atoms with Crippen LogP contribution in [-0.4, -0.2) is 19.9 Å². The summed E-state index contributed by atoms with van der Waals surface area (Å²) < 4.78 is 6.39. The summed E-state index contributed by atoms with van der Waals surface area (Å²) in [6.07, 6.45) is 4.23. The molecule has 0 bridgehead atoms. The van der Waals surface area contributed by atoms with Crippen molar-refractivity contribution in [2.24, 2.45) is 0 Å². The van der Waals surface area contributed by atoms with Gasteiger partial charge in [0.15, 0.2) is 17.5 Å². The Labute approximate surface area is 333 Å². The van der Waals surface area contributed by atoms with Crippen LogP contribution in [0.5, 0.6) is 0 Å². The van der Waals surface area contributed by atoms with E-state index in [4.69, 9.17) is 24.4 Å². The minimum Gasteiger partial charge on any atom is -0.455 e. The number of rotatable bonds is 6. The zero-order chi connectivity index (χ0) is 38.7. The monoisotopic (exact) mass is 738 g/mol. The summed E-state index contributed by atoms with van der Waals surface area (Å²) >= 11 is 0. The van der Waals surface area contributed by atoms with E-state index in [1.165, 1.54) is 35.1 Å². The van der Waals surface area contributed by atoms with Crippen LogP contribution in [0.4, 0.5) is 0 Å². The maximum atomic E-state index is 6.39. The molecule has 9 aromatic rings. The lowest BCUT2D eigenvalue weighted by molar-refractivity contribution is 0.332. The summed E-state index contributed by atoms with van der Waals surface area (Å²) in [5.74, 6) is 1.68. The number of pyridine rings is 1. The Bertz CT molecular complexity index is 2960. The first-order chi connectivity index (χ1) is 27.7. The summed E-state index contributed by atoms with van der Waals surface area (Å²) in [7, 11) is 0. The molecule has 0 fully saturated rings. The Kier molecular flexibility index (Phi) is 8.22. The van der Waals surface area contributed by atoms with Crippen molar-refractivity contribution in [1.82, 2.24) is 19.9 Å². The van der Waals surface area contributed by atoms with Gasteiger partial charge in [0.1, 0.15) is 16.9 Å². The highest BCUT2D eigenvalue weighted by atomic mass is 16.3. The van der Waals surface area contributed by atoms with E-state index in [0.29, 0.717) is 23.2 Å². The molecule has 1 aliphatic carbocycles. The lowest BCUT2D eigenvalue weighted by Crippen LogP contribution is -2.33. The molecule has 0 amide bonds. The molecule has 10 rings (SSSR count). The van der Waals surface area contributed by atoms with Crippen molar-refractivity contribution in [2.45, 2.75) is 51.4 Å². The fraction of sp³-hybridized carbons (Fsp3) is 0.154. The van der Waals surface area contributed by atoms with Crippen molar-refractivity contribution in [3.8, 4) is 67.7 Å². The molecule has 57 heavy (non-hydrogen) atoms. The van der Waals surface area contributed by atoms with Crippen molar-refractivity contribution in [1.29, 1.82) is 0 Å². The highest BCUT2D eigenvalue weighted by Gasteiger charge is 2.37. The first kappa shape index (κ1) is 34.7. The maximum absolute atomic E-state index is 6.39. The van der Waals surface area contributed by atoms with E-state index in [1.807, 2.05) is 66.9 Å². The van der Waals surface area contributed by atoms with Crippen LogP contribution in [0.25, 0.3) is 89.6 Å². The first-order valence-corrected chi connectivity index (χ1v) is 19.8. The van der Waals surface area contributed by atoms with Crippen LogP contribution in [0.2, 0.25) is 0 Å². The molecule has 0 radical (unpaired) electrons. The summed E-state index contributed by atoms with van der Waals surface area (Å²) in [5.41, 5.74) is 14.2. The van der Waals surface area contributed by atoms with E-state index in [0.717, 1.165) is 55.3 Å². The quantitative estimate of drug-likeness (QED) is 0.170. The van der Waals surface area contributed by atoms with E-state index >= 15 is 0 Å². The number of aromatic nitrogens is 4. The fourth-order valence-corrected chi connectivity index (χ4v) is 8.49. The third kappa shape index (κ3) is 6.30. The van der Waals surface area contributed by atoms with E-state index in [2.05, 4.69) is 119 Å². The lowest BCUT2D eigenvalue weighted by Gasteiger charge is -2.42. The molecule has 5 nitrogen and oxygen atoms in total. The number of para-hydroxylation sites is 2. The lowest BCUT2D eigenvalue weighted by atomic mass is 9.63. The number of benzene rings is 6. The standard InChI is InChI=1S/C52H42N4O/c1-51(2)27-28-52(3,4)44-31-37(24-25-43(44)51)34-22-20-33(21-23-34)36-14-10-15-39(30-36)49-54-48(35-12-6-5-7-13-35)55-50(56-49)45-32-38(26-29-53-45)40-17-11-18-42-41-16-8-9-19-46(41)57-47(40)42/h5-26,29-32H,27-28H2,1-4H3. The Balaban J connectivity index is 1.01. The van der Waals surface area contributed by atoms with E-state index in [9.17, 15) is 0 Å². The number of hydrogen-bond donors (Lipinski definition) is 0. The molecule has 276 valence electrons. The van der Waals surface area contributed by atoms with Crippen LogP contribution in [0, 0.1) is 0 Å². The molecule has 0 atom stereocenters. The summed E-state index contributed by atoms with van der Waals surface area (Å²) in [6, 6.07) is 53.0. The molecule has 0 saturated heterocycles. The predicted octanol–water partition coefficient (Wildman–Crippen LogP) is 13.5. The first-order valence-electron chi connectivity index (χ1n) is 19.8. The smallest absolute Gasteiger partial charge is 0.182 e. The molecule has 3 heterocycles. The van der Waals surface area contributed by atoms with Crippen LogP contribution in [0.3, 0.4) is 0 Å². The molecule has 3 aromatic heterocycles. The van der Waals surface area contributed by atoms with Crippen molar-refractivity contribution < 1.29 is 4.42 Å². The van der Waals surface area contributed by atoms with Crippen LogP contribution < -0.4 is 0 Å². The highest BCUT2D eigenvalue weighted by Crippen LogP contribution is 2.47. The second-order valence-corrected chi connectivity index (χ2v) is 16.6. The third-order valence-corrected chi connectivity index (χ3v) is 11.9. The molecular formula is C52H42N4O. The molecule has 0 spiro atoms. The van der Waals surface area contributed by atoms with Gasteiger partial charge in [0, 0.05) is 33.7 Å². The van der Waals surface area contributed by atoms with E-state index in [-0.39, 0.29) is 10.8 Å². The van der Waals surface area contributed by atoms with Crippen molar-refractivity contribution in [2.75, 3.05) is 0 Å². The summed E-state index contributed by atoms with van der Waals surface area (Å²) in [6.45, 7) is 9.53. The SMILES string of the molecule is CC1(C)CCC(C)(C)c2cc(-c3ccc(-c4cccc(-c5nc(-c6ccccc6)nc(-c6cc(-c7cccc8c7oc7ccccc78)ccn6)n5)c4)cc3)ccc21. The van der Waals surface area contributed by atoms with Crippen LogP contribution >= 0.6 is 0 Å². The van der Waals surface area contributed by atoms with Gasteiger partial charge in [-0.2, -0.15) is 0 Å². The van der Waals surface area contributed by atoms with Crippen molar-refractivity contribution >= 4 is 21.9 Å².